The maximum atomic E-state index is 5.78. The molecule has 1 fully saturated rings. The van der Waals surface area contributed by atoms with Crippen LogP contribution in [0.1, 0.15) is 31.5 Å². The number of hydrogen-bond acceptors (Lipinski definition) is 7. The molecule has 1 aliphatic rings. The first-order valence-corrected chi connectivity index (χ1v) is 8.37. The van der Waals surface area contributed by atoms with Crippen LogP contribution in [0, 0.1) is 0 Å². The van der Waals surface area contributed by atoms with Gasteiger partial charge >= 0.3 is 0 Å². The van der Waals surface area contributed by atoms with Crippen LogP contribution < -0.4 is 4.90 Å². The van der Waals surface area contributed by atoms with E-state index < -0.39 is 0 Å². The summed E-state index contributed by atoms with van der Waals surface area (Å²) in [5.74, 6) is 1.91. The first-order valence-electron chi connectivity index (χ1n) is 8.37. The number of hydrogen-bond donors (Lipinski definition) is 0. The van der Waals surface area contributed by atoms with E-state index in [9.17, 15) is 0 Å². The van der Waals surface area contributed by atoms with Crippen LogP contribution in [-0.4, -0.2) is 48.5 Å². The van der Waals surface area contributed by atoms with Crippen molar-refractivity contribution in [2.24, 2.45) is 0 Å². The molecule has 0 radical (unpaired) electrons. The molecule has 0 bridgehead atoms. The van der Waals surface area contributed by atoms with E-state index in [1.165, 1.54) is 19.3 Å². The van der Waals surface area contributed by atoms with Gasteiger partial charge in [0, 0.05) is 33.5 Å². The molecule has 7 heteroatoms. The fourth-order valence-electron chi connectivity index (χ4n) is 2.78. The highest BCUT2D eigenvalue weighted by molar-refractivity contribution is 5.54. The third-order valence-electron chi connectivity index (χ3n) is 4.19. The van der Waals surface area contributed by atoms with Crippen LogP contribution in [0.15, 0.2) is 22.9 Å². The highest BCUT2D eigenvalue weighted by Crippen LogP contribution is 2.20. The van der Waals surface area contributed by atoms with Crippen molar-refractivity contribution in [1.29, 1.82) is 0 Å². The van der Waals surface area contributed by atoms with Gasteiger partial charge in [0.2, 0.25) is 0 Å². The Morgan fingerprint density at radius 3 is 2.96 bits per heavy atom. The van der Waals surface area contributed by atoms with Crippen LogP contribution in [0.4, 0.5) is 5.82 Å². The quantitative estimate of drug-likeness (QED) is 0.771. The maximum absolute atomic E-state index is 5.78. The Bertz CT molecular complexity index is 623. The number of pyridine rings is 1. The molecule has 0 aromatic carbocycles. The third-order valence-corrected chi connectivity index (χ3v) is 4.19. The van der Waals surface area contributed by atoms with Crippen molar-refractivity contribution < 1.29 is 14.0 Å². The molecule has 0 amide bonds. The van der Waals surface area contributed by atoms with Gasteiger partial charge < -0.3 is 18.9 Å². The molecule has 3 rings (SSSR count). The molecule has 130 valence electrons. The predicted molar refractivity (Wildman–Crippen MR) is 89.7 cm³/mol. The zero-order chi connectivity index (χ0) is 16.8. The Hall–Kier alpha value is -1.99. The predicted octanol–water partition coefficient (Wildman–Crippen LogP) is 2.67. The fraction of sp³-hybridized carbons (Fsp3) is 0.588. The van der Waals surface area contributed by atoms with Crippen molar-refractivity contribution in [3.63, 3.8) is 0 Å². The third kappa shape index (κ3) is 4.30. The van der Waals surface area contributed by atoms with Crippen LogP contribution in [0.5, 0.6) is 0 Å². The molecule has 24 heavy (non-hydrogen) atoms. The second kappa shape index (κ2) is 8.21. The van der Waals surface area contributed by atoms with E-state index in [0.717, 1.165) is 31.0 Å². The van der Waals surface area contributed by atoms with E-state index in [4.69, 9.17) is 14.0 Å². The summed E-state index contributed by atoms with van der Waals surface area (Å²) in [5, 5.41) is 3.86. The molecule has 2 aromatic heterocycles. The van der Waals surface area contributed by atoms with Crippen molar-refractivity contribution in [2.45, 2.75) is 38.4 Å². The first-order chi connectivity index (χ1) is 11.8. The maximum Gasteiger partial charge on any atom is 0.259 e. The molecule has 0 saturated carbocycles. The summed E-state index contributed by atoms with van der Waals surface area (Å²) in [7, 11) is 3.65. The molecular weight excluding hydrogens is 308 g/mol. The van der Waals surface area contributed by atoms with Crippen LogP contribution in [-0.2, 0) is 16.1 Å². The summed E-state index contributed by atoms with van der Waals surface area (Å²) in [5.41, 5.74) is 0.803. The highest BCUT2D eigenvalue weighted by Gasteiger charge is 2.15. The smallest absolute Gasteiger partial charge is 0.259 e. The second-order valence-corrected chi connectivity index (χ2v) is 6.05. The Kier molecular flexibility index (Phi) is 5.77. The van der Waals surface area contributed by atoms with Crippen LogP contribution in [0.3, 0.4) is 0 Å². The van der Waals surface area contributed by atoms with E-state index in [-0.39, 0.29) is 0 Å². The lowest BCUT2D eigenvalue weighted by atomic mass is 10.1. The van der Waals surface area contributed by atoms with Gasteiger partial charge in [-0.25, -0.2) is 4.98 Å². The minimum absolute atomic E-state index is 0.334. The fourth-order valence-corrected chi connectivity index (χ4v) is 2.78. The van der Waals surface area contributed by atoms with E-state index >= 15 is 0 Å². The number of ether oxygens (including phenoxy) is 2. The summed E-state index contributed by atoms with van der Waals surface area (Å²) in [4.78, 5) is 10.9. The molecule has 7 nitrogen and oxygen atoms in total. The lowest BCUT2D eigenvalue weighted by Crippen LogP contribution is -2.27. The summed E-state index contributed by atoms with van der Waals surface area (Å²) >= 11 is 0. The minimum Gasteiger partial charge on any atom is -0.378 e. The number of rotatable bonds is 7. The Balaban J connectivity index is 1.56. The minimum atomic E-state index is 0.334. The largest absolute Gasteiger partial charge is 0.378 e. The lowest BCUT2D eigenvalue weighted by molar-refractivity contribution is 0.0126. The van der Waals surface area contributed by atoms with Crippen molar-refractivity contribution >= 4 is 5.82 Å². The van der Waals surface area contributed by atoms with E-state index in [0.29, 0.717) is 24.4 Å². The average Bonchev–Trinajstić information content (AvgIpc) is 3.10. The lowest BCUT2D eigenvalue weighted by Gasteiger charge is -2.25. The molecule has 0 unspecified atom stereocenters. The van der Waals surface area contributed by atoms with Gasteiger partial charge in [-0.05, 0) is 37.8 Å². The van der Waals surface area contributed by atoms with Gasteiger partial charge in [0.15, 0.2) is 5.82 Å². The summed E-state index contributed by atoms with van der Waals surface area (Å²) in [6, 6.07) is 3.91. The molecule has 1 aliphatic heterocycles. The summed E-state index contributed by atoms with van der Waals surface area (Å²) < 4.78 is 16.0. The highest BCUT2D eigenvalue weighted by atomic mass is 16.5. The number of anilines is 1. The number of nitrogens with zero attached hydrogens (tertiary/aromatic N) is 4. The summed E-state index contributed by atoms with van der Waals surface area (Å²) in [6.07, 6.45) is 6.81. The molecule has 1 saturated heterocycles. The van der Waals surface area contributed by atoms with Crippen molar-refractivity contribution in [1.82, 2.24) is 15.1 Å². The van der Waals surface area contributed by atoms with Gasteiger partial charge in [0.05, 0.1) is 11.7 Å². The topological polar surface area (TPSA) is 73.5 Å². The number of aromatic nitrogens is 3. The van der Waals surface area contributed by atoms with Gasteiger partial charge in [0.1, 0.15) is 12.4 Å². The second-order valence-electron chi connectivity index (χ2n) is 6.05. The monoisotopic (exact) mass is 332 g/mol. The molecule has 3 heterocycles. The summed E-state index contributed by atoms with van der Waals surface area (Å²) in [6.45, 7) is 2.16. The zero-order valence-electron chi connectivity index (χ0n) is 14.3. The first kappa shape index (κ1) is 16.9. The normalized spacial score (nSPS) is 17.8. The molecular formula is C17H24N4O3. The van der Waals surface area contributed by atoms with Gasteiger partial charge in [-0.3, -0.25) is 0 Å². The molecule has 0 spiro atoms. The van der Waals surface area contributed by atoms with Crippen LogP contribution in [0.25, 0.3) is 11.5 Å². The van der Waals surface area contributed by atoms with Crippen molar-refractivity contribution in [3.8, 4) is 11.5 Å². The van der Waals surface area contributed by atoms with Crippen LogP contribution >= 0.6 is 0 Å². The SMILES string of the molecule is COCc1noc(-c2ccc(N(C)CC[C@@H]3CCCCO3)nc2)n1. The Morgan fingerprint density at radius 2 is 2.25 bits per heavy atom. The molecule has 1 atom stereocenters. The van der Waals surface area contributed by atoms with Gasteiger partial charge in [-0.1, -0.05) is 5.16 Å². The number of methoxy groups -OCH3 is 1. The molecule has 2 aromatic rings. The molecule has 0 N–H and O–H groups in total. The Morgan fingerprint density at radius 1 is 1.33 bits per heavy atom. The van der Waals surface area contributed by atoms with E-state index in [2.05, 4.69) is 20.0 Å². The molecule has 0 aliphatic carbocycles. The average molecular weight is 332 g/mol. The standard InChI is InChI=1S/C17H24N4O3/c1-21(9-8-14-5-3-4-10-23-14)16-7-6-13(11-18-16)17-19-15(12-22-2)20-24-17/h6-7,11,14H,3-5,8-10,12H2,1-2H3/t14-/m0/s1. The van der Waals surface area contributed by atoms with Crippen LogP contribution in [0.2, 0.25) is 0 Å². The van der Waals surface area contributed by atoms with Crippen molar-refractivity contribution in [3.05, 3.63) is 24.2 Å². The van der Waals surface area contributed by atoms with E-state index in [1.54, 1.807) is 13.3 Å². The van der Waals surface area contributed by atoms with Crippen molar-refractivity contribution in [2.75, 3.05) is 32.2 Å². The van der Waals surface area contributed by atoms with Gasteiger partial charge in [-0.15, -0.1) is 0 Å². The Labute approximate surface area is 142 Å². The zero-order valence-corrected chi connectivity index (χ0v) is 14.3. The van der Waals surface area contributed by atoms with E-state index in [1.807, 2.05) is 19.2 Å². The van der Waals surface area contributed by atoms with Gasteiger partial charge in [-0.2, -0.15) is 4.98 Å². The van der Waals surface area contributed by atoms with Gasteiger partial charge in [0.25, 0.3) is 5.89 Å².